The lowest BCUT2D eigenvalue weighted by Crippen LogP contribution is -2.43. The van der Waals surface area contributed by atoms with Gasteiger partial charge in [-0.1, -0.05) is 33.6 Å². The third kappa shape index (κ3) is 4.16. The summed E-state index contributed by atoms with van der Waals surface area (Å²) in [6.07, 6.45) is 10.1. The van der Waals surface area contributed by atoms with Crippen molar-refractivity contribution in [2.24, 2.45) is 11.8 Å². The van der Waals surface area contributed by atoms with E-state index in [2.05, 4.69) is 37.8 Å². The van der Waals surface area contributed by atoms with Crippen molar-refractivity contribution < 1.29 is 0 Å². The summed E-state index contributed by atoms with van der Waals surface area (Å²) in [5, 5.41) is 5.56. The van der Waals surface area contributed by atoms with Gasteiger partial charge < -0.3 is 5.32 Å². The zero-order chi connectivity index (χ0) is 13.0. The molecule has 18 heavy (non-hydrogen) atoms. The fraction of sp³-hybridized carbons (Fsp3) is 1.00. The Morgan fingerprint density at radius 1 is 1.00 bits per heavy atom. The average molecular weight is 269 g/mol. The van der Waals surface area contributed by atoms with Crippen LogP contribution in [0.5, 0.6) is 0 Å². The number of hydrogen-bond donors (Lipinski definition) is 1. The summed E-state index contributed by atoms with van der Waals surface area (Å²) in [6, 6.07) is 0.786. The predicted molar refractivity (Wildman–Crippen MR) is 83.3 cm³/mol. The normalized spacial score (nSPS) is 41.8. The fourth-order valence-corrected chi connectivity index (χ4v) is 5.82. The second-order valence-electron chi connectivity index (χ2n) is 6.65. The average Bonchev–Trinajstić information content (AvgIpc) is 2.33. The van der Waals surface area contributed by atoms with Gasteiger partial charge in [-0.15, -0.1) is 0 Å². The summed E-state index contributed by atoms with van der Waals surface area (Å²) in [5.41, 5.74) is 0. The van der Waals surface area contributed by atoms with Gasteiger partial charge in [0.15, 0.2) is 0 Å². The number of nitrogens with one attached hydrogen (secondary N) is 1. The van der Waals surface area contributed by atoms with E-state index in [0.717, 1.165) is 34.9 Å². The molecule has 0 aliphatic heterocycles. The Labute approximate surface area is 118 Å². The molecule has 2 aliphatic rings. The van der Waals surface area contributed by atoms with Crippen molar-refractivity contribution in [3.8, 4) is 0 Å². The molecular formula is C16H31NS. The Balaban J connectivity index is 1.87. The summed E-state index contributed by atoms with van der Waals surface area (Å²) in [6.45, 7) is 8.27. The van der Waals surface area contributed by atoms with E-state index < -0.39 is 0 Å². The molecule has 1 N–H and O–H groups in total. The van der Waals surface area contributed by atoms with E-state index in [0.29, 0.717) is 0 Å². The van der Waals surface area contributed by atoms with Crippen LogP contribution in [0.25, 0.3) is 0 Å². The third-order valence-electron chi connectivity index (χ3n) is 4.78. The largest absolute Gasteiger partial charge is 0.313 e. The van der Waals surface area contributed by atoms with E-state index in [-0.39, 0.29) is 0 Å². The molecular weight excluding hydrogens is 238 g/mol. The number of rotatable bonds is 4. The van der Waals surface area contributed by atoms with Gasteiger partial charge in [0.1, 0.15) is 0 Å². The maximum atomic E-state index is 3.74. The molecule has 2 heteroatoms. The second kappa shape index (κ2) is 7.19. The smallest absolute Gasteiger partial charge is 0.0206 e. The van der Waals surface area contributed by atoms with Crippen LogP contribution >= 0.6 is 11.8 Å². The lowest BCUT2D eigenvalue weighted by molar-refractivity contribution is 0.318. The maximum absolute atomic E-state index is 3.74. The van der Waals surface area contributed by atoms with Crippen molar-refractivity contribution in [2.45, 2.75) is 82.3 Å². The predicted octanol–water partition coefficient (Wildman–Crippen LogP) is 4.47. The first-order valence-corrected chi connectivity index (χ1v) is 9.02. The van der Waals surface area contributed by atoms with E-state index in [1.165, 1.54) is 44.9 Å². The van der Waals surface area contributed by atoms with Gasteiger partial charge in [0.05, 0.1) is 0 Å². The highest BCUT2D eigenvalue weighted by atomic mass is 32.2. The minimum atomic E-state index is 0.786. The zero-order valence-corrected chi connectivity index (χ0v) is 13.3. The van der Waals surface area contributed by atoms with Crippen molar-refractivity contribution >= 4 is 11.8 Å². The monoisotopic (exact) mass is 269 g/mol. The van der Waals surface area contributed by atoms with Crippen LogP contribution in [-0.2, 0) is 0 Å². The van der Waals surface area contributed by atoms with Crippen LogP contribution in [0, 0.1) is 11.8 Å². The van der Waals surface area contributed by atoms with Gasteiger partial charge in [0.2, 0.25) is 0 Å². The molecule has 106 valence electrons. The molecule has 0 aromatic heterocycles. The van der Waals surface area contributed by atoms with Crippen molar-refractivity contribution in [3.05, 3.63) is 0 Å². The van der Waals surface area contributed by atoms with Crippen LogP contribution < -0.4 is 5.32 Å². The van der Waals surface area contributed by atoms with Crippen molar-refractivity contribution in [3.63, 3.8) is 0 Å². The topological polar surface area (TPSA) is 12.0 Å². The van der Waals surface area contributed by atoms with E-state index in [1.54, 1.807) is 0 Å². The fourth-order valence-electron chi connectivity index (χ4n) is 3.72. The zero-order valence-electron chi connectivity index (χ0n) is 12.5. The lowest BCUT2D eigenvalue weighted by Gasteiger charge is -2.38. The second-order valence-corrected chi connectivity index (χ2v) is 8.20. The van der Waals surface area contributed by atoms with Gasteiger partial charge in [-0.05, 0) is 50.5 Å². The summed E-state index contributed by atoms with van der Waals surface area (Å²) in [5.74, 6) is 1.91. The first-order valence-electron chi connectivity index (χ1n) is 8.07. The molecule has 2 saturated carbocycles. The highest BCUT2D eigenvalue weighted by Crippen LogP contribution is 2.40. The molecule has 0 spiro atoms. The Morgan fingerprint density at radius 3 is 2.50 bits per heavy atom. The summed E-state index contributed by atoms with van der Waals surface area (Å²) in [4.78, 5) is 0. The van der Waals surface area contributed by atoms with Crippen LogP contribution in [0.1, 0.15) is 65.7 Å². The Bertz CT molecular complexity index is 243. The van der Waals surface area contributed by atoms with Gasteiger partial charge in [0, 0.05) is 16.5 Å². The summed E-state index contributed by atoms with van der Waals surface area (Å²) < 4.78 is 0. The van der Waals surface area contributed by atoms with Crippen molar-refractivity contribution in [1.82, 2.24) is 5.32 Å². The molecule has 0 aromatic rings. The van der Waals surface area contributed by atoms with Gasteiger partial charge in [0.25, 0.3) is 0 Å². The molecule has 2 fully saturated rings. The summed E-state index contributed by atoms with van der Waals surface area (Å²) in [7, 11) is 0. The first kappa shape index (κ1) is 14.7. The van der Waals surface area contributed by atoms with Crippen LogP contribution in [0.15, 0.2) is 0 Å². The quantitative estimate of drug-likeness (QED) is 0.808. The Morgan fingerprint density at radius 2 is 1.78 bits per heavy atom. The lowest BCUT2D eigenvalue weighted by atomic mass is 9.87. The number of hydrogen-bond acceptors (Lipinski definition) is 2. The molecule has 2 aliphatic carbocycles. The van der Waals surface area contributed by atoms with Gasteiger partial charge in [-0.25, -0.2) is 0 Å². The highest BCUT2D eigenvalue weighted by molar-refractivity contribution is 8.00. The maximum Gasteiger partial charge on any atom is 0.0206 e. The van der Waals surface area contributed by atoms with Gasteiger partial charge >= 0.3 is 0 Å². The van der Waals surface area contributed by atoms with Crippen LogP contribution in [-0.4, -0.2) is 23.1 Å². The van der Waals surface area contributed by atoms with E-state index >= 15 is 0 Å². The molecule has 0 saturated heterocycles. The Kier molecular flexibility index (Phi) is 5.88. The van der Waals surface area contributed by atoms with Crippen LogP contribution in [0.2, 0.25) is 0 Å². The molecule has 0 radical (unpaired) electrons. The first-order chi connectivity index (χ1) is 8.69. The summed E-state index contributed by atoms with van der Waals surface area (Å²) >= 11 is 2.33. The molecule has 5 unspecified atom stereocenters. The van der Waals surface area contributed by atoms with E-state index in [4.69, 9.17) is 0 Å². The van der Waals surface area contributed by atoms with Crippen molar-refractivity contribution in [1.29, 1.82) is 0 Å². The van der Waals surface area contributed by atoms with Crippen LogP contribution in [0.3, 0.4) is 0 Å². The molecule has 2 rings (SSSR count). The molecule has 1 nitrogen and oxygen atoms in total. The molecule has 0 aromatic carbocycles. The highest BCUT2D eigenvalue weighted by Gasteiger charge is 2.31. The standard InChI is InChI=1S/C16H31NS/c1-4-17-15-9-8-13(3)11-16(15)18-14-7-5-6-12(2)10-14/h12-17H,4-11H2,1-3H3. The third-order valence-corrected chi connectivity index (χ3v) is 6.46. The number of thioether (sulfide) groups is 1. The molecule has 0 heterocycles. The molecule has 5 atom stereocenters. The Hall–Kier alpha value is 0.310. The van der Waals surface area contributed by atoms with E-state index in [1.807, 2.05) is 0 Å². The minimum absolute atomic E-state index is 0.786. The molecule has 0 bridgehead atoms. The van der Waals surface area contributed by atoms with Crippen molar-refractivity contribution in [2.75, 3.05) is 6.54 Å². The van der Waals surface area contributed by atoms with Gasteiger partial charge in [-0.3, -0.25) is 0 Å². The van der Waals surface area contributed by atoms with Crippen LogP contribution in [0.4, 0.5) is 0 Å². The minimum Gasteiger partial charge on any atom is -0.313 e. The molecule has 0 amide bonds. The SMILES string of the molecule is CCNC1CCC(C)CC1SC1CCCC(C)C1. The van der Waals surface area contributed by atoms with E-state index in [9.17, 15) is 0 Å². The van der Waals surface area contributed by atoms with Gasteiger partial charge in [-0.2, -0.15) is 11.8 Å².